The minimum atomic E-state index is -0.144. The van der Waals surface area contributed by atoms with Crippen molar-refractivity contribution in [3.63, 3.8) is 0 Å². The van der Waals surface area contributed by atoms with Gasteiger partial charge >= 0.3 is 0 Å². The smallest absolute Gasteiger partial charge is 0.255 e. The second kappa shape index (κ2) is 5.66. The second-order valence-corrected chi connectivity index (χ2v) is 5.26. The third kappa shape index (κ3) is 2.81. The Balaban J connectivity index is 1.80. The molecule has 5 heteroatoms. The number of carbonyl (C=O) groups excluding carboxylic acids is 1. The number of hydrogen-bond donors (Lipinski definition) is 2. The Morgan fingerprint density at radius 3 is 2.95 bits per heavy atom. The molecule has 0 aromatic heterocycles. The van der Waals surface area contributed by atoms with Crippen LogP contribution in [0.2, 0.25) is 5.02 Å². The molecule has 0 saturated heterocycles. The molecule has 1 aliphatic heterocycles. The summed E-state index contributed by atoms with van der Waals surface area (Å²) < 4.78 is 5.14. The largest absolute Gasteiger partial charge is 0.495 e. The summed E-state index contributed by atoms with van der Waals surface area (Å²) in [7, 11) is 1.54. The summed E-state index contributed by atoms with van der Waals surface area (Å²) in [5.41, 5.74) is 3.59. The molecule has 0 saturated carbocycles. The van der Waals surface area contributed by atoms with E-state index in [4.69, 9.17) is 16.3 Å². The van der Waals surface area contributed by atoms with Crippen molar-refractivity contribution in [2.24, 2.45) is 0 Å². The predicted molar refractivity (Wildman–Crippen MR) is 84.6 cm³/mol. The number of carbonyl (C=O) groups is 1. The third-order valence-corrected chi connectivity index (χ3v) is 3.80. The van der Waals surface area contributed by atoms with E-state index in [-0.39, 0.29) is 5.91 Å². The summed E-state index contributed by atoms with van der Waals surface area (Å²) in [6.07, 6.45) is 0.950. The number of amides is 1. The first kappa shape index (κ1) is 13.8. The van der Waals surface area contributed by atoms with Crippen LogP contribution in [-0.4, -0.2) is 19.6 Å². The molecule has 1 aliphatic rings. The molecular formula is C16H15ClN2O2. The van der Waals surface area contributed by atoms with Gasteiger partial charge in [0, 0.05) is 29.5 Å². The highest BCUT2D eigenvalue weighted by Crippen LogP contribution is 2.28. The van der Waals surface area contributed by atoms with Crippen molar-refractivity contribution in [2.45, 2.75) is 6.42 Å². The lowest BCUT2D eigenvalue weighted by Gasteiger charge is -2.09. The Morgan fingerprint density at radius 2 is 2.14 bits per heavy atom. The Labute approximate surface area is 128 Å². The average Bonchev–Trinajstić information content (AvgIpc) is 2.96. The van der Waals surface area contributed by atoms with E-state index in [1.807, 2.05) is 18.2 Å². The van der Waals surface area contributed by atoms with Crippen LogP contribution >= 0.6 is 11.6 Å². The van der Waals surface area contributed by atoms with Gasteiger partial charge in [-0.3, -0.25) is 4.79 Å². The van der Waals surface area contributed by atoms with Crippen molar-refractivity contribution in [3.05, 3.63) is 52.5 Å². The van der Waals surface area contributed by atoms with Crippen LogP contribution in [0.25, 0.3) is 0 Å². The molecule has 0 spiro atoms. The van der Waals surface area contributed by atoms with E-state index in [2.05, 4.69) is 10.6 Å². The Hall–Kier alpha value is -2.20. The standard InChI is InChI=1S/C16H15ClN2O2/c1-21-15-9-12(3-4-13(15)17)19-16(20)11-2-5-14-10(8-11)6-7-18-14/h2-5,8-9,18H,6-7H2,1H3,(H,19,20). The van der Waals surface area contributed by atoms with E-state index in [9.17, 15) is 4.79 Å². The number of methoxy groups -OCH3 is 1. The molecule has 4 nitrogen and oxygen atoms in total. The summed E-state index contributed by atoms with van der Waals surface area (Å²) >= 11 is 5.97. The lowest BCUT2D eigenvalue weighted by Crippen LogP contribution is -2.12. The predicted octanol–water partition coefficient (Wildman–Crippen LogP) is 3.57. The van der Waals surface area contributed by atoms with Crippen LogP contribution < -0.4 is 15.4 Å². The number of anilines is 2. The first-order valence-electron chi connectivity index (χ1n) is 6.69. The van der Waals surface area contributed by atoms with Crippen LogP contribution in [0.3, 0.4) is 0 Å². The van der Waals surface area contributed by atoms with Crippen molar-refractivity contribution < 1.29 is 9.53 Å². The van der Waals surface area contributed by atoms with Gasteiger partial charge in [-0.05, 0) is 42.3 Å². The number of ether oxygens (including phenoxy) is 1. The maximum absolute atomic E-state index is 12.3. The van der Waals surface area contributed by atoms with E-state index in [0.717, 1.165) is 18.7 Å². The summed E-state index contributed by atoms with van der Waals surface area (Å²) in [6.45, 7) is 0.925. The van der Waals surface area contributed by atoms with Gasteiger partial charge in [-0.25, -0.2) is 0 Å². The summed E-state index contributed by atoms with van der Waals surface area (Å²) in [6, 6.07) is 10.8. The van der Waals surface area contributed by atoms with Crippen LogP contribution in [0.4, 0.5) is 11.4 Å². The number of nitrogens with one attached hydrogen (secondary N) is 2. The molecule has 0 atom stereocenters. The van der Waals surface area contributed by atoms with Gasteiger partial charge in [-0.2, -0.15) is 0 Å². The lowest BCUT2D eigenvalue weighted by molar-refractivity contribution is 0.102. The molecule has 21 heavy (non-hydrogen) atoms. The number of halogens is 1. The zero-order chi connectivity index (χ0) is 14.8. The highest BCUT2D eigenvalue weighted by Gasteiger charge is 2.14. The van der Waals surface area contributed by atoms with Gasteiger partial charge in [-0.15, -0.1) is 0 Å². The zero-order valence-electron chi connectivity index (χ0n) is 11.6. The van der Waals surface area contributed by atoms with Gasteiger partial charge in [0.05, 0.1) is 12.1 Å². The average molecular weight is 303 g/mol. The monoisotopic (exact) mass is 302 g/mol. The van der Waals surface area contributed by atoms with Crippen molar-refractivity contribution in [1.29, 1.82) is 0 Å². The van der Waals surface area contributed by atoms with Crippen LogP contribution in [-0.2, 0) is 6.42 Å². The first-order chi connectivity index (χ1) is 10.2. The van der Waals surface area contributed by atoms with E-state index >= 15 is 0 Å². The molecule has 2 aromatic carbocycles. The van der Waals surface area contributed by atoms with Gasteiger partial charge in [0.15, 0.2) is 0 Å². The van der Waals surface area contributed by atoms with E-state index in [1.54, 1.807) is 25.3 Å². The molecule has 108 valence electrons. The molecule has 1 amide bonds. The van der Waals surface area contributed by atoms with Crippen LogP contribution in [0, 0.1) is 0 Å². The molecule has 3 rings (SSSR count). The minimum absolute atomic E-state index is 0.144. The van der Waals surface area contributed by atoms with Crippen molar-refractivity contribution in [1.82, 2.24) is 0 Å². The van der Waals surface area contributed by atoms with Crippen molar-refractivity contribution in [2.75, 3.05) is 24.3 Å². The molecule has 2 aromatic rings. The SMILES string of the molecule is COc1cc(NC(=O)c2ccc3c(c2)CCN3)ccc1Cl. The van der Waals surface area contributed by atoms with Crippen LogP contribution in [0.1, 0.15) is 15.9 Å². The Kier molecular flexibility index (Phi) is 3.71. The Morgan fingerprint density at radius 1 is 1.29 bits per heavy atom. The fraction of sp³-hybridized carbons (Fsp3) is 0.188. The number of rotatable bonds is 3. The zero-order valence-corrected chi connectivity index (χ0v) is 12.3. The van der Waals surface area contributed by atoms with Gasteiger partial charge in [-0.1, -0.05) is 11.6 Å². The maximum atomic E-state index is 12.3. The molecule has 0 aliphatic carbocycles. The minimum Gasteiger partial charge on any atom is -0.495 e. The second-order valence-electron chi connectivity index (χ2n) is 4.85. The van der Waals surface area contributed by atoms with Crippen LogP contribution in [0.15, 0.2) is 36.4 Å². The Bertz CT molecular complexity index is 701. The van der Waals surface area contributed by atoms with Gasteiger partial charge in [0.25, 0.3) is 5.91 Å². The highest BCUT2D eigenvalue weighted by atomic mass is 35.5. The van der Waals surface area contributed by atoms with E-state index in [0.29, 0.717) is 22.0 Å². The molecule has 0 radical (unpaired) electrons. The number of hydrogen-bond acceptors (Lipinski definition) is 3. The number of benzene rings is 2. The molecular weight excluding hydrogens is 288 g/mol. The summed E-state index contributed by atoms with van der Waals surface area (Å²) in [5, 5.41) is 6.64. The summed E-state index contributed by atoms with van der Waals surface area (Å²) in [5.74, 6) is 0.390. The normalized spacial score (nSPS) is 12.5. The quantitative estimate of drug-likeness (QED) is 0.911. The fourth-order valence-corrected chi connectivity index (χ4v) is 2.58. The molecule has 0 bridgehead atoms. The third-order valence-electron chi connectivity index (χ3n) is 3.49. The lowest BCUT2D eigenvalue weighted by atomic mass is 10.1. The summed E-state index contributed by atoms with van der Waals surface area (Å²) in [4.78, 5) is 12.3. The van der Waals surface area contributed by atoms with Gasteiger partial charge in [0.2, 0.25) is 0 Å². The fourth-order valence-electron chi connectivity index (χ4n) is 2.39. The molecule has 0 unspecified atom stereocenters. The van der Waals surface area contributed by atoms with E-state index in [1.165, 1.54) is 5.56 Å². The van der Waals surface area contributed by atoms with Gasteiger partial charge in [0.1, 0.15) is 5.75 Å². The van der Waals surface area contributed by atoms with Gasteiger partial charge < -0.3 is 15.4 Å². The topological polar surface area (TPSA) is 50.4 Å². The molecule has 2 N–H and O–H groups in total. The highest BCUT2D eigenvalue weighted by molar-refractivity contribution is 6.32. The molecule has 1 heterocycles. The number of fused-ring (bicyclic) bond motifs is 1. The molecule has 0 fully saturated rings. The van der Waals surface area contributed by atoms with E-state index < -0.39 is 0 Å². The first-order valence-corrected chi connectivity index (χ1v) is 7.07. The van der Waals surface area contributed by atoms with Crippen molar-refractivity contribution >= 4 is 28.9 Å². The van der Waals surface area contributed by atoms with Crippen molar-refractivity contribution in [3.8, 4) is 5.75 Å². The van der Waals surface area contributed by atoms with Crippen LogP contribution in [0.5, 0.6) is 5.75 Å². The maximum Gasteiger partial charge on any atom is 0.255 e.